The third-order valence-corrected chi connectivity index (χ3v) is 1.92. The molecule has 1 aromatic carbocycles. The third kappa shape index (κ3) is 2.83. The molecular weight excluding hydrogens is 181 g/mol. The minimum Gasteiger partial charge on any atom is -0.399 e. The summed E-state index contributed by atoms with van der Waals surface area (Å²) in [6, 6.07) is 4.86. The zero-order valence-corrected chi connectivity index (χ0v) is 8.62. The molecule has 76 valence electrons. The fourth-order valence-corrected chi connectivity index (χ4v) is 1.16. The molecule has 0 amide bonds. The number of nitrogens with zero attached hydrogens (tertiary/aromatic N) is 1. The summed E-state index contributed by atoms with van der Waals surface area (Å²) in [5.41, 5.74) is 1.68. The lowest BCUT2D eigenvalue weighted by molar-refractivity contribution is 0.215. The summed E-state index contributed by atoms with van der Waals surface area (Å²) in [4.78, 5) is 4.53. The van der Waals surface area contributed by atoms with Gasteiger partial charge < -0.3 is 4.84 Å². The van der Waals surface area contributed by atoms with Crippen molar-refractivity contribution < 1.29 is 9.23 Å². The number of hydrogen-bond acceptors (Lipinski definition) is 2. The van der Waals surface area contributed by atoms with E-state index in [9.17, 15) is 4.39 Å². The lowest BCUT2D eigenvalue weighted by Gasteiger charge is -2.06. The molecule has 0 aromatic heterocycles. The number of hydrogen-bond donors (Lipinski definition) is 0. The molecule has 0 aliphatic heterocycles. The van der Waals surface area contributed by atoms with Gasteiger partial charge in [-0.05, 0) is 35.2 Å². The lowest BCUT2D eigenvalue weighted by atomic mass is 10.0. The SMILES string of the molecule is CO/N=C/c1cc(F)cc(C(C)C)c1. The van der Waals surface area contributed by atoms with Crippen LogP contribution in [0.5, 0.6) is 0 Å². The number of benzene rings is 1. The van der Waals surface area contributed by atoms with Gasteiger partial charge in [-0.1, -0.05) is 19.0 Å². The Hall–Kier alpha value is -1.38. The van der Waals surface area contributed by atoms with Crippen LogP contribution in [0.2, 0.25) is 0 Å². The molecule has 14 heavy (non-hydrogen) atoms. The van der Waals surface area contributed by atoms with Crippen molar-refractivity contribution in [2.24, 2.45) is 5.16 Å². The van der Waals surface area contributed by atoms with E-state index in [0.29, 0.717) is 5.92 Å². The average molecular weight is 195 g/mol. The Bertz CT molecular complexity index is 334. The van der Waals surface area contributed by atoms with Gasteiger partial charge in [-0.25, -0.2) is 4.39 Å². The van der Waals surface area contributed by atoms with Gasteiger partial charge in [0.2, 0.25) is 0 Å². The van der Waals surface area contributed by atoms with Crippen LogP contribution in [0.4, 0.5) is 4.39 Å². The molecule has 0 N–H and O–H groups in total. The molecule has 0 saturated heterocycles. The Kier molecular flexibility index (Phi) is 3.63. The molecule has 2 nitrogen and oxygen atoms in total. The van der Waals surface area contributed by atoms with Gasteiger partial charge in [0, 0.05) is 0 Å². The van der Waals surface area contributed by atoms with Gasteiger partial charge in [0.15, 0.2) is 0 Å². The van der Waals surface area contributed by atoms with Crippen molar-refractivity contribution >= 4 is 6.21 Å². The topological polar surface area (TPSA) is 21.6 Å². The molecule has 1 aromatic rings. The Morgan fingerprint density at radius 2 is 2.07 bits per heavy atom. The minimum atomic E-state index is -0.242. The zero-order valence-electron chi connectivity index (χ0n) is 8.62. The summed E-state index contributed by atoms with van der Waals surface area (Å²) in [7, 11) is 1.46. The van der Waals surface area contributed by atoms with Crippen molar-refractivity contribution in [2.75, 3.05) is 7.11 Å². The summed E-state index contributed by atoms with van der Waals surface area (Å²) in [6.45, 7) is 4.04. The first-order valence-electron chi connectivity index (χ1n) is 4.50. The molecule has 0 saturated carbocycles. The third-order valence-electron chi connectivity index (χ3n) is 1.92. The largest absolute Gasteiger partial charge is 0.399 e. The van der Waals surface area contributed by atoms with E-state index >= 15 is 0 Å². The van der Waals surface area contributed by atoms with E-state index < -0.39 is 0 Å². The van der Waals surface area contributed by atoms with E-state index in [1.165, 1.54) is 25.5 Å². The van der Waals surface area contributed by atoms with Crippen LogP contribution in [0.3, 0.4) is 0 Å². The molecule has 0 bridgehead atoms. The molecular formula is C11H14FNO. The Labute approximate surface area is 83.4 Å². The van der Waals surface area contributed by atoms with Gasteiger partial charge >= 0.3 is 0 Å². The van der Waals surface area contributed by atoms with Crippen LogP contribution >= 0.6 is 0 Å². The summed E-state index contributed by atoms with van der Waals surface area (Å²) in [6.07, 6.45) is 1.50. The van der Waals surface area contributed by atoms with Crippen LogP contribution < -0.4 is 0 Å². The van der Waals surface area contributed by atoms with Gasteiger partial charge in [-0.3, -0.25) is 0 Å². The molecule has 0 atom stereocenters. The number of oxime groups is 1. The normalized spacial score (nSPS) is 11.2. The summed E-state index contributed by atoms with van der Waals surface area (Å²) >= 11 is 0. The molecule has 0 aliphatic rings. The van der Waals surface area contributed by atoms with E-state index in [1.807, 2.05) is 19.9 Å². The number of halogens is 1. The summed E-state index contributed by atoms with van der Waals surface area (Å²) < 4.78 is 13.1. The second-order valence-corrected chi connectivity index (χ2v) is 3.39. The van der Waals surface area contributed by atoms with Crippen LogP contribution in [-0.2, 0) is 4.84 Å². The van der Waals surface area contributed by atoms with E-state index in [4.69, 9.17) is 0 Å². The first-order valence-corrected chi connectivity index (χ1v) is 4.50. The Morgan fingerprint density at radius 3 is 2.64 bits per heavy atom. The molecule has 0 spiro atoms. The van der Waals surface area contributed by atoms with Gasteiger partial charge in [-0.15, -0.1) is 0 Å². The van der Waals surface area contributed by atoms with Crippen LogP contribution in [0, 0.1) is 5.82 Å². The van der Waals surface area contributed by atoms with Crippen molar-refractivity contribution in [3.63, 3.8) is 0 Å². The quantitative estimate of drug-likeness (QED) is 0.536. The van der Waals surface area contributed by atoms with Gasteiger partial charge in [-0.2, -0.15) is 0 Å². The van der Waals surface area contributed by atoms with Crippen LogP contribution in [0.1, 0.15) is 30.9 Å². The van der Waals surface area contributed by atoms with E-state index in [-0.39, 0.29) is 5.82 Å². The maximum Gasteiger partial charge on any atom is 0.124 e. The Morgan fingerprint density at radius 1 is 1.36 bits per heavy atom. The van der Waals surface area contributed by atoms with E-state index in [1.54, 1.807) is 0 Å². The maximum absolute atomic E-state index is 13.1. The van der Waals surface area contributed by atoms with E-state index in [2.05, 4.69) is 9.99 Å². The molecule has 3 heteroatoms. The summed E-state index contributed by atoms with van der Waals surface area (Å²) in [5, 5.41) is 3.59. The highest BCUT2D eigenvalue weighted by molar-refractivity contribution is 5.79. The van der Waals surface area contributed by atoms with Crippen LogP contribution in [-0.4, -0.2) is 13.3 Å². The molecule has 1 rings (SSSR count). The van der Waals surface area contributed by atoms with Crippen LogP contribution in [0.25, 0.3) is 0 Å². The summed E-state index contributed by atoms with van der Waals surface area (Å²) in [5.74, 6) is 0.0640. The molecule has 0 radical (unpaired) electrons. The van der Waals surface area contributed by atoms with Crippen molar-refractivity contribution in [1.29, 1.82) is 0 Å². The molecule has 0 aliphatic carbocycles. The highest BCUT2D eigenvalue weighted by atomic mass is 19.1. The van der Waals surface area contributed by atoms with Crippen molar-refractivity contribution in [3.8, 4) is 0 Å². The predicted octanol–water partition coefficient (Wildman–Crippen LogP) is 2.93. The highest BCUT2D eigenvalue weighted by Gasteiger charge is 2.02. The molecule has 0 unspecified atom stereocenters. The van der Waals surface area contributed by atoms with Crippen molar-refractivity contribution in [2.45, 2.75) is 19.8 Å². The fraction of sp³-hybridized carbons (Fsp3) is 0.364. The first kappa shape index (κ1) is 10.7. The Balaban J connectivity index is 3.01. The predicted molar refractivity (Wildman–Crippen MR) is 55.1 cm³/mol. The molecule has 0 fully saturated rings. The average Bonchev–Trinajstić information content (AvgIpc) is 2.14. The van der Waals surface area contributed by atoms with E-state index in [0.717, 1.165) is 11.1 Å². The second kappa shape index (κ2) is 4.74. The maximum atomic E-state index is 13.1. The highest BCUT2D eigenvalue weighted by Crippen LogP contribution is 2.16. The van der Waals surface area contributed by atoms with Crippen LogP contribution in [0.15, 0.2) is 23.4 Å². The fourth-order valence-electron chi connectivity index (χ4n) is 1.16. The van der Waals surface area contributed by atoms with Crippen molar-refractivity contribution in [3.05, 3.63) is 35.1 Å². The zero-order chi connectivity index (χ0) is 10.6. The first-order chi connectivity index (χ1) is 6.63. The number of rotatable bonds is 3. The standard InChI is InChI=1S/C11H14FNO/c1-8(2)10-4-9(7-13-14-3)5-11(12)6-10/h4-8H,1-3H3/b13-7+. The monoisotopic (exact) mass is 195 g/mol. The smallest absolute Gasteiger partial charge is 0.124 e. The lowest BCUT2D eigenvalue weighted by Crippen LogP contribution is -1.92. The van der Waals surface area contributed by atoms with Crippen molar-refractivity contribution in [1.82, 2.24) is 0 Å². The van der Waals surface area contributed by atoms with Gasteiger partial charge in [0.05, 0.1) is 6.21 Å². The van der Waals surface area contributed by atoms with Gasteiger partial charge in [0.1, 0.15) is 12.9 Å². The van der Waals surface area contributed by atoms with Gasteiger partial charge in [0.25, 0.3) is 0 Å². The minimum absolute atomic E-state index is 0.242. The second-order valence-electron chi connectivity index (χ2n) is 3.39. The molecule has 0 heterocycles.